The average molecular weight is 366 g/mol. The Morgan fingerprint density at radius 3 is 2.30 bits per heavy atom. The quantitative estimate of drug-likeness (QED) is 0.691. The second-order valence-electron chi connectivity index (χ2n) is 4.64. The van der Waals surface area contributed by atoms with Crippen molar-refractivity contribution < 1.29 is 13.2 Å². The minimum absolute atomic E-state index is 0.110. The van der Waals surface area contributed by atoms with Crippen LogP contribution in [0.15, 0.2) is 64.5 Å². The summed E-state index contributed by atoms with van der Waals surface area (Å²) in [5, 5.41) is 0.438. The van der Waals surface area contributed by atoms with Crippen molar-refractivity contribution in [3.8, 4) is 16.3 Å². The lowest BCUT2D eigenvalue weighted by molar-refractivity contribution is 0.415. The molecular weight excluding hydrogens is 354 g/mol. The molecule has 0 radical (unpaired) electrons. The van der Waals surface area contributed by atoms with Gasteiger partial charge < -0.3 is 4.74 Å². The molecule has 1 aromatic heterocycles. The van der Waals surface area contributed by atoms with Crippen molar-refractivity contribution in [3.63, 3.8) is 0 Å². The van der Waals surface area contributed by atoms with E-state index in [-0.39, 0.29) is 14.3 Å². The molecule has 0 N–H and O–H groups in total. The van der Waals surface area contributed by atoms with E-state index in [4.69, 9.17) is 16.3 Å². The summed E-state index contributed by atoms with van der Waals surface area (Å²) < 4.78 is 30.5. The standard InChI is InChI=1S/C16H12ClNO3S2/c1-21-12-9-7-11(8-10-12)15-18-16(14(17)22-15)23(19,20)13-5-3-2-4-6-13/h2-10H,1H3. The number of hydrogen-bond acceptors (Lipinski definition) is 5. The van der Waals surface area contributed by atoms with Gasteiger partial charge in [-0.15, -0.1) is 11.3 Å². The molecule has 1 heterocycles. The molecule has 4 nitrogen and oxygen atoms in total. The molecule has 0 aliphatic rings. The summed E-state index contributed by atoms with van der Waals surface area (Å²) in [7, 11) is -2.14. The monoisotopic (exact) mass is 365 g/mol. The Hall–Kier alpha value is -1.89. The molecule has 7 heteroatoms. The number of halogens is 1. The van der Waals surface area contributed by atoms with Crippen LogP contribution in [0.4, 0.5) is 0 Å². The van der Waals surface area contributed by atoms with Gasteiger partial charge in [0.2, 0.25) is 9.84 Å². The van der Waals surface area contributed by atoms with Crippen LogP contribution >= 0.6 is 22.9 Å². The van der Waals surface area contributed by atoms with Crippen LogP contribution in [0, 0.1) is 0 Å². The molecule has 0 unspecified atom stereocenters. The van der Waals surface area contributed by atoms with E-state index in [2.05, 4.69) is 4.98 Å². The van der Waals surface area contributed by atoms with Gasteiger partial charge in [-0.3, -0.25) is 0 Å². The fraction of sp³-hybridized carbons (Fsp3) is 0.0625. The van der Waals surface area contributed by atoms with E-state index < -0.39 is 9.84 Å². The summed E-state index contributed by atoms with van der Waals surface area (Å²) in [6, 6.07) is 15.3. The Kier molecular flexibility index (Phi) is 4.39. The van der Waals surface area contributed by atoms with E-state index in [1.165, 1.54) is 12.1 Å². The molecule has 0 bridgehead atoms. The van der Waals surface area contributed by atoms with Gasteiger partial charge >= 0.3 is 0 Å². The van der Waals surface area contributed by atoms with Gasteiger partial charge in [-0.2, -0.15) is 0 Å². The lowest BCUT2D eigenvalue weighted by atomic mass is 10.2. The summed E-state index contributed by atoms with van der Waals surface area (Å²) in [6.07, 6.45) is 0. The zero-order chi connectivity index (χ0) is 16.4. The minimum Gasteiger partial charge on any atom is -0.497 e. The van der Waals surface area contributed by atoms with Gasteiger partial charge in [0, 0.05) is 5.56 Å². The zero-order valence-electron chi connectivity index (χ0n) is 12.1. The Morgan fingerprint density at radius 2 is 1.70 bits per heavy atom. The van der Waals surface area contributed by atoms with Gasteiger partial charge in [0.15, 0.2) is 5.03 Å². The van der Waals surface area contributed by atoms with Crippen LogP contribution in [0.3, 0.4) is 0 Å². The summed E-state index contributed by atoms with van der Waals surface area (Å²) in [4.78, 5) is 4.42. The van der Waals surface area contributed by atoms with Crippen LogP contribution in [0.5, 0.6) is 5.75 Å². The first kappa shape index (κ1) is 16.0. The second-order valence-corrected chi connectivity index (χ2v) is 8.11. The first-order valence-corrected chi connectivity index (χ1v) is 9.31. The number of nitrogens with zero attached hydrogens (tertiary/aromatic N) is 1. The van der Waals surface area contributed by atoms with Gasteiger partial charge in [0.05, 0.1) is 12.0 Å². The van der Waals surface area contributed by atoms with Gasteiger partial charge in [0.25, 0.3) is 0 Å². The number of benzene rings is 2. The minimum atomic E-state index is -3.73. The Balaban J connectivity index is 2.04. The Bertz CT molecular complexity index is 920. The third-order valence-corrected chi connectivity index (χ3v) is 6.44. The van der Waals surface area contributed by atoms with Crippen LogP contribution in [-0.2, 0) is 9.84 Å². The molecule has 0 amide bonds. The van der Waals surface area contributed by atoms with E-state index in [0.29, 0.717) is 10.8 Å². The van der Waals surface area contributed by atoms with Crippen molar-refractivity contribution >= 4 is 32.8 Å². The van der Waals surface area contributed by atoms with Crippen molar-refractivity contribution in [1.82, 2.24) is 4.98 Å². The molecule has 0 spiro atoms. The van der Waals surface area contributed by atoms with Crippen LogP contribution in [-0.4, -0.2) is 20.5 Å². The number of ether oxygens (including phenoxy) is 1. The highest BCUT2D eigenvalue weighted by atomic mass is 35.5. The largest absolute Gasteiger partial charge is 0.497 e. The molecule has 0 fully saturated rings. The first-order chi connectivity index (χ1) is 11.0. The van der Waals surface area contributed by atoms with Gasteiger partial charge in [-0.05, 0) is 36.4 Å². The topological polar surface area (TPSA) is 56.3 Å². The lowest BCUT2D eigenvalue weighted by Crippen LogP contribution is -2.02. The zero-order valence-corrected chi connectivity index (χ0v) is 14.5. The third kappa shape index (κ3) is 3.10. The van der Waals surface area contributed by atoms with E-state index in [0.717, 1.165) is 16.9 Å². The SMILES string of the molecule is COc1ccc(-c2nc(S(=O)(=O)c3ccccc3)c(Cl)s2)cc1. The summed E-state index contributed by atoms with van der Waals surface area (Å²) in [5.74, 6) is 0.716. The van der Waals surface area contributed by atoms with Crippen LogP contribution in [0.2, 0.25) is 4.34 Å². The average Bonchev–Trinajstić information content (AvgIpc) is 2.98. The maximum atomic E-state index is 12.6. The summed E-state index contributed by atoms with van der Waals surface area (Å²) >= 11 is 7.28. The van der Waals surface area contributed by atoms with Gasteiger partial charge in [-0.25, -0.2) is 13.4 Å². The molecular formula is C16H12ClNO3S2. The number of rotatable bonds is 4. The predicted molar refractivity (Wildman–Crippen MR) is 91.0 cm³/mol. The van der Waals surface area contributed by atoms with E-state index in [1.54, 1.807) is 37.4 Å². The normalized spacial score (nSPS) is 11.4. The molecule has 0 atom stereocenters. The lowest BCUT2D eigenvalue weighted by Gasteiger charge is -2.01. The molecule has 3 aromatic rings. The van der Waals surface area contributed by atoms with E-state index in [9.17, 15) is 8.42 Å². The Labute approximate surface area is 143 Å². The molecule has 3 rings (SSSR count). The molecule has 118 valence electrons. The number of aromatic nitrogens is 1. The fourth-order valence-electron chi connectivity index (χ4n) is 2.02. The third-order valence-electron chi connectivity index (χ3n) is 3.20. The highest BCUT2D eigenvalue weighted by Crippen LogP contribution is 2.36. The maximum Gasteiger partial charge on any atom is 0.226 e. The fourth-order valence-corrected chi connectivity index (χ4v) is 4.95. The molecule has 0 aliphatic carbocycles. The molecule has 2 aromatic carbocycles. The number of hydrogen-bond donors (Lipinski definition) is 0. The molecule has 23 heavy (non-hydrogen) atoms. The van der Waals surface area contributed by atoms with Gasteiger partial charge in [-0.1, -0.05) is 29.8 Å². The highest BCUT2D eigenvalue weighted by Gasteiger charge is 2.25. The van der Waals surface area contributed by atoms with Crippen LogP contribution in [0.1, 0.15) is 0 Å². The van der Waals surface area contributed by atoms with Crippen molar-refractivity contribution in [2.75, 3.05) is 7.11 Å². The Morgan fingerprint density at radius 1 is 1.04 bits per heavy atom. The van der Waals surface area contributed by atoms with Crippen molar-refractivity contribution in [2.45, 2.75) is 9.92 Å². The first-order valence-electron chi connectivity index (χ1n) is 6.63. The smallest absolute Gasteiger partial charge is 0.226 e. The van der Waals surface area contributed by atoms with Gasteiger partial charge in [0.1, 0.15) is 15.1 Å². The molecule has 0 saturated carbocycles. The van der Waals surface area contributed by atoms with Crippen LogP contribution in [0.25, 0.3) is 10.6 Å². The van der Waals surface area contributed by atoms with E-state index >= 15 is 0 Å². The summed E-state index contributed by atoms with van der Waals surface area (Å²) in [6.45, 7) is 0. The van der Waals surface area contributed by atoms with Crippen molar-refractivity contribution in [1.29, 1.82) is 0 Å². The second kappa shape index (κ2) is 6.31. The molecule has 0 aliphatic heterocycles. The van der Waals surface area contributed by atoms with Crippen LogP contribution < -0.4 is 4.74 Å². The van der Waals surface area contributed by atoms with Crippen molar-refractivity contribution in [2.24, 2.45) is 0 Å². The van der Waals surface area contributed by atoms with E-state index in [1.807, 2.05) is 12.1 Å². The predicted octanol–water partition coefficient (Wildman–Crippen LogP) is 4.30. The highest BCUT2D eigenvalue weighted by molar-refractivity contribution is 7.91. The summed E-state index contributed by atoms with van der Waals surface area (Å²) in [5.41, 5.74) is 0.784. The number of methoxy groups -OCH3 is 1. The number of sulfone groups is 1. The van der Waals surface area contributed by atoms with Crippen molar-refractivity contribution in [3.05, 3.63) is 58.9 Å². The number of thiazole rings is 1. The molecule has 0 saturated heterocycles. The maximum absolute atomic E-state index is 12.6.